The molecule has 112 valence electrons. The highest BCUT2D eigenvalue weighted by Crippen LogP contribution is 2.19. The van der Waals surface area contributed by atoms with Crippen molar-refractivity contribution >= 4 is 5.91 Å². The number of nitrogens with one attached hydrogen (secondary N) is 1. The minimum atomic E-state index is -0.213. The van der Waals surface area contributed by atoms with Gasteiger partial charge in [0.1, 0.15) is 0 Å². The number of likely N-dealkylation sites (tertiary alicyclic amines) is 1. The summed E-state index contributed by atoms with van der Waals surface area (Å²) in [5, 5.41) is 12.5. The number of rotatable bonds is 8. The summed E-state index contributed by atoms with van der Waals surface area (Å²) in [6, 6.07) is 0. The number of nitrogens with zero attached hydrogens (tertiary/aromatic N) is 1. The molecule has 4 heteroatoms. The Morgan fingerprint density at radius 1 is 1.32 bits per heavy atom. The van der Waals surface area contributed by atoms with Crippen LogP contribution in [-0.2, 0) is 4.79 Å². The topological polar surface area (TPSA) is 52.6 Å². The molecule has 19 heavy (non-hydrogen) atoms. The molecule has 0 aromatic rings. The van der Waals surface area contributed by atoms with Gasteiger partial charge in [-0.1, -0.05) is 26.2 Å². The van der Waals surface area contributed by atoms with Crippen molar-refractivity contribution < 1.29 is 9.90 Å². The zero-order valence-electron chi connectivity index (χ0n) is 12.5. The average Bonchev–Trinajstić information content (AvgIpc) is 2.39. The fraction of sp³-hybridized carbons (Fsp3) is 0.933. The maximum atomic E-state index is 11.8. The minimum Gasteiger partial charge on any atom is -0.393 e. The molecular weight excluding hydrogens is 240 g/mol. The summed E-state index contributed by atoms with van der Waals surface area (Å²) in [5.74, 6) is 0.556. The van der Waals surface area contributed by atoms with Crippen molar-refractivity contribution in [1.29, 1.82) is 0 Å². The van der Waals surface area contributed by atoms with Gasteiger partial charge in [0.25, 0.3) is 0 Å². The zero-order chi connectivity index (χ0) is 14.1. The third-order valence-electron chi connectivity index (χ3n) is 4.03. The van der Waals surface area contributed by atoms with Crippen LogP contribution in [0.15, 0.2) is 0 Å². The summed E-state index contributed by atoms with van der Waals surface area (Å²) in [5.41, 5.74) is 0. The van der Waals surface area contributed by atoms with Crippen LogP contribution in [0.3, 0.4) is 0 Å². The molecule has 0 radical (unpaired) electrons. The van der Waals surface area contributed by atoms with Gasteiger partial charge in [-0.25, -0.2) is 0 Å². The van der Waals surface area contributed by atoms with Crippen LogP contribution in [0.25, 0.3) is 0 Å². The van der Waals surface area contributed by atoms with E-state index in [-0.39, 0.29) is 12.0 Å². The second-order valence-electron chi connectivity index (χ2n) is 5.76. The van der Waals surface area contributed by atoms with Gasteiger partial charge in [-0.05, 0) is 45.2 Å². The molecular formula is C15H30N2O2. The van der Waals surface area contributed by atoms with E-state index in [2.05, 4.69) is 17.1 Å². The lowest BCUT2D eigenvalue weighted by Crippen LogP contribution is -2.43. The molecule has 1 fully saturated rings. The second-order valence-corrected chi connectivity index (χ2v) is 5.76. The van der Waals surface area contributed by atoms with Crippen LogP contribution < -0.4 is 5.32 Å². The first-order valence-corrected chi connectivity index (χ1v) is 7.80. The molecule has 4 nitrogen and oxygen atoms in total. The van der Waals surface area contributed by atoms with E-state index >= 15 is 0 Å². The summed E-state index contributed by atoms with van der Waals surface area (Å²) in [6.45, 7) is 7.24. The van der Waals surface area contributed by atoms with Gasteiger partial charge in [0.15, 0.2) is 0 Å². The Morgan fingerprint density at radius 2 is 2.00 bits per heavy atom. The van der Waals surface area contributed by atoms with Gasteiger partial charge in [-0.2, -0.15) is 0 Å². The lowest BCUT2D eigenvalue weighted by Gasteiger charge is -2.32. The Bertz CT molecular complexity index is 249. The standard InChI is InChI=1S/C15H30N2O2/c1-3-4-5-6-9-16-15(19)12-17-10-7-14(8-11-17)13(2)18/h13-14,18H,3-12H2,1-2H3,(H,16,19). The number of unbranched alkanes of at least 4 members (excludes halogenated alkanes) is 3. The first-order valence-electron chi connectivity index (χ1n) is 7.80. The number of carbonyl (C=O) groups is 1. The molecule has 0 aromatic carbocycles. The van der Waals surface area contributed by atoms with E-state index in [1.54, 1.807) is 0 Å². The van der Waals surface area contributed by atoms with Crippen molar-refractivity contribution in [3.8, 4) is 0 Å². The van der Waals surface area contributed by atoms with Crippen molar-refractivity contribution in [1.82, 2.24) is 10.2 Å². The molecule has 2 N–H and O–H groups in total. The monoisotopic (exact) mass is 270 g/mol. The van der Waals surface area contributed by atoms with E-state index in [1.165, 1.54) is 19.3 Å². The molecule has 1 atom stereocenters. The van der Waals surface area contributed by atoms with E-state index < -0.39 is 0 Å². The van der Waals surface area contributed by atoms with Gasteiger partial charge in [-0.3, -0.25) is 9.69 Å². The maximum absolute atomic E-state index is 11.8. The Balaban J connectivity index is 2.06. The number of aliphatic hydroxyl groups excluding tert-OH is 1. The van der Waals surface area contributed by atoms with Crippen molar-refractivity contribution in [3.63, 3.8) is 0 Å². The van der Waals surface area contributed by atoms with Crippen molar-refractivity contribution in [3.05, 3.63) is 0 Å². The number of amides is 1. The smallest absolute Gasteiger partial charge is 0.234 e. The first-order chi connectivity index (χ1) is 9.13. The van der Waals surface area contributed by atoms with Crippen LogP contribution >= 0.6 is 0 Å². The van der Waals surface area contributed by atoms with Crippen LogP contribution in [0.4, 0.5) is 0 Å². The van der Waals surface area contributed by atoms with E-state index in [0.717, 1.165) is 38.9 Å². The third kappa shape index (κ3) is 6.92. The van der Waals surface area contributed by atoms with Crippen LogP contribution in [0.2, 0.25) is 0 Å². The van der Waals surface area contributed by atoms with Crippen LogP contribution in [0.1, 0.15) is 52.4 Å². The van der Waals surface area contributed by atoms with Crippen molar-refractivity contribution in [2.75, 3.05) is 26.2 Å². The predicted molar refractivity (Wildman–Crippen MR) is 78.0 cm³/mol. The Labute approximate surface area is 117 Å². The molecule has 0 aromatic heterocycles. The summed E-state index contributed by atoms with van der Waals surface area (Å²) in [6.07, 6.45) is 6.56. The van der Waals surface area contributed by atoms with Crippen molar-refractivity contribution in [2.24, 2.45) is 5.92 Å². The summed E-state index contributed by atoms with van der Waals surface area (Å²) in [7, 11) is 0. The largest absolute Gasteiger partial charge is 0.393 e. The zero-order valence-corrected chi connectivity index (χ0v) is 12.5. The van der Waals surface area contributed by atoms with E-state index in [0.29, 0.717) is 12.5 Å². The highest BCUT2D eigenvalue weighted by atomic mass is 16.3. The summed E-state index contributed by atoms with van der Waals surface area (Å²) >= 11 is 0. The highest BCUT2D eigenvalue weighted by Gasteiger charge is 2.23. The Kier molecular flexibility index (Phi) is 8.07. The number of hydrogen-bond donors (Lipinski definition) is 2. The molecule has 1 unspecified atom stereocenters. The van der Waals surface area contributed by atoms with E-state index in [9.17, 15) is 9.90 Å². The lowest BCUT2D eigenvalue weighted by atomic mass is 9.92. The molecule has 1 saturated heterocycles. The van der Waals surface area contributed by atoms with Gasteiger partial charge < -0.3 is 10.4 Å². The normalized spacial score (nSPS) is 19.3. The van der Waals surface area contributed by atoms with Crippen LogP contribution in [0, 0.1) is 5.92 Å². The molecule has 1 heterocycles. The molecule has 0 spiro atoms. The highest BCUT2D eigenvalue weighted by molar-refractivity contribution is 5.77. The number of hydrogen-bond acceptors (Lipinski definition) is 3. The number of carbonyl (C=O) groups excluding carboxylic acids is 1. The lowest BCUT2D eigenvalue weighted by molar-refractivity contribution is -0.122. The molecule has 1 rings (SSSR count). The van der Waals surface area contributed by atoms with E-state index in [4.69, 9.17) is 0 Å². The molecule has 0 aliphatic carbocycles. The fourth-order valence-electron chi connectivity index (χ4n) is 2.63. The maximum Gasteiger partial charge on any atom is 0.234 e. The SMILES string of the molecule is CCCCCCNC(=O)CN1CCC(C(C)O)CC1. The van der Waals surface area contributed by atoms with Gasteiger partial charge in [0.05, 0.1) is 12.6 Å². The third-order valence-corrected chi connectivity index (χ3v) is 4.03. The average molecular weight is 270 g/mol. The number of aliphatic hydroxyl groups is 1. The van der Waals surface area contributed by atoms with E-state index in [1.807, 2.05) is 6.92 Å². The van der Waals surface area contributed by atoms with Crippen LogP contribution in [0.5, 0.6) is 0 Å². The van der Waals surface area contributed by atoms with Crippen LogP contribution in [-0.4, -0.2) is 48.2 Å². The Morgan fingerprint density at radius 3 is 2.58 bits per heavy atom. The van der Waals surface area contributed by atoms with Gasteiger partial charge in [0, 0.05) is 6.54 Å². The second kappa shape index (κ2) is 9.32. The summed E-state index contributed by atoms with van der Waals surface area (Å²) in [4.78, 5) is 14.0. The molecule has 1 aliphatic heterocycles. The minimum absolute atomic E-state index is 0.145. The summed E-state index contributed by atoms with van der Waals surface area (Å²) < 4.78 is 0. The van der Waals surface area contributed by atoms with Crippen molar-refractivity contribution in [2.45, 2.75) is 58.5 Å². The molecule has 0 saturated carbocycles. The Hall–Kier alpha value is -0.610. The van der Waals surface area contributed by atoms with Gasteiger partial charge >= 0.3 is 0 Å². The number of piperidine rings is 1. The quantitative estimate of drug-likeness (QED) is 0.661. The molecule has 0 bridgehead atoms. The van der Waals surface area contributed by atoms with Gasteiger partial charge in [-0.15, -0.1) is 0 Å². The first kappa shape index (κ1) is 16.4. The fourth-order valence-corrected chi connectivity index (χ4v) is 2.63. The predicted octanol–water partition coefficient (Wildman–Crippen LogP) is 1.78. The molecule has 1 aliphatic rings. The molecule has 1 amide bonds. The van der Waals surface area contributed by atoms with Gasteiger partial charge in [0.2, 0.25) is 5.91 Å².